The lowest BCUT2D eigenvalue weighted by Crippen LogP contribution is -2.82. The Morgan fingerprint density at radius 2 is 2.43 bits per heavy atom. The summed E-state index contributed by atoms with van der Waals surface area (Å²) in [5.74, 6) is 0.136. The van der Waals surface area contributed by atoms with Gasteiger partial charge in [-0.3, -0.25) is 10.1 Å². The van der Waals surface area contributed by atoms with Crippen molar-refractivity contribution in [3.63, 3.8) is 0 Å². The van der Waals surface area contributed by atoms with Gasteiger partial charge in [0, 0.05) is 18.2 Å². The molecule has 0 aromatic carbocycles. The molecule has 0 saturated carbocycles. The molecule has 0 aromatic rings. The molecule has 0 bridgehead atoms. The van der Waals surface area contributed by atoms with Gasteiger partial charge in [-0.2, -0.15) is 0 Å². The maximum Gasteiger partial charge on any atom is 0.381 e. The second-order valence-corrected chi connectivity index (χ2v) is 4.42. The Balaban J connectivity index is 2.39. The predicted octanol–water partition coefficient (Wildman–Crippen LogP) is 0.829. The monoisotopic (exact) mass is 213 g/mol. The van der Waals surface area contributed by atoms with Crippen LogP contribution in [0.3, 0.4) is 0 Å². The van der Waals surface area contributed by atoms with E-state index in [-0.39, 0.29) is 16.9 Å². The lowest BCUT2D eigenvalue weighted by Gasteiger charge is -2.10. The van der Waals surface area contributed by atoms with E-state index in [9.17, 15) is 14.9 Å². The van der Waals surface area contributed by atoms with E-state index in [1.54, 1.807) is 6.08 Å². The van der Waals surface area contributed by atoms with Crippen molar-refractivity contribution in [3.8, 4) is 0 Å². The molecule has 2 aliphatic rings. The third kappa shape index (κ3) is 1.46. The quantitative estimate of drug-likeness (QED) is 0.517. The van der Waals surface area contributed by atoms with Gasteiger partial charge in [-0.15, -0.1) is 0 Å². The maximum atomic E-state index is 11.1. The van der Waals surface area contributed by atoms with Crippen molar-refractivity contribution >= 4 is 17.0 Å². The highest BCUT2D eigenvalue weighted by Gasteiger charge is 2.39. The van der Waals surface area contributed by atoms with Crippen LogP contribution in [0.4, 0.5) is 4.79 Å². The van der Waals surface area contributed by atoms with Gasteiger partial charge in [-0.25, -0.2) is 10.1 Å². The smallest absolute Gasteiger partial charge is 0.258 e. The fourth-order valence-electron chi connectivity index (χ4n) is 1.67. The Hall–Kier alpha value is -1.14. The predicted molar refractivity (Wildman–Crippen MR) is 50.8 cm³/mol. The number of allylic oxidation sites excluding steroid dienone is 2. The zero-order chi connectivity index (χ0) is 10.3. The van der Waals surface area contributed by atoms with Crippen LogP contribution in [-0.4, -0.2) is 10.2 Å². The fraction of sp³-hybridized carbons (Fsp3) is 0.375. The third-order valence-corrected chi connectivity index (χ3v) is 3.19. The summed E-state index contributed by atoms with van der Waals surface area (Å²) in [6, 6.07) is 0. The number of amides is 1. The van der Waals surface area contributed by atoms with Gasteiger partial charge in [-0.1, -0.05) is 6.92 Å². The molecule has 5 nitrogen and oxygen atoms in total. The number of hydrogen-bond donors (Lipinski definition) is 1. The summed E-state index contributed by atoms with van der Waals surface area (Å²) in [4.78, 5) is 21.9. The maximum absolute atomic E-state index is 11.1. The molecule has 0 saturated heterocycles. The number of nitro groups is 1. The van der Waals surface area contributed by atoms with Gasteiger partial charge in [0.1, 0.15) is 5.70 Å². The number of rotatable bonds is 1. The number of nitrogens with two attached hydrogens (primary N) is 1. The first-order valence-electron chi connectivity index (χ1n) is 4.24. The molecule has 0 spiro atoms. The molecule has 1 amide bonds. The van der Waals surface area contributed by atoms with Gasteiger partial charge in [0.2, 0.25) is 0 Å². The molecule has 2 rings (SSSR count). The van der Waals surface area contributed by atoms with Gasteiger partial charge >= 0.3 is 5.24 Å². The first kappa shape index (κ1) is 9.42. The largest absolute Gasteiger partial charge is 0.381 e. The zero-order valence-electron chi connectivity index (χ0n) is 7.52. The van der Waals surface area contributed by atoms with Gasteiger partial charge < -0.3 is 0 Å². The summed E-state index contributed by atoms with van der Waals surface area (Å²) in [6.45, 7) is 1.91. The van der Waals surface area contributed by atoms with Gasteiger partial charge in [0.15, 0.2) is 4.91 Å². The first-order chi connectivity index (χ1) is 6.58. The SMILES string of the molecule is CC1C=C([N+](=O)[O-])C2=C(C1)[NH2+]C(=O)S2. The van der Waals surface area contributed by atoms with Crippen molar-refractivity contribution < 1.29 is 15.0 Å². The normalized spacial score (nSPS) is 26.2. The minimum absolute atomic E-state index is 0.0888. The molecule has 1 atom stereocenters. The van der Waals surface area contributed by atoms with E-state index >= 15 is 0 Å². The molecule has 14 heavy (non-hydrogen) atoms. The molecular formula is C8H9N2O3S+. The highest BCUT2D eigenvalue weighted by Crippen LogP contribution is 2.36. The topological polar surface area (TPSA) is 76.8 Å². The van der Waals surface area contributed by atoms with Crippen LogP contribution in [0.5, 0.6) is 0 Å². The second-order valence-electron chi connectivity index (χ2n) is 3.41. The highest BCUT2D eigenvalue weighted by molar-refractivity contribution is 8.16. The van der Waals surface area contributed by atoms with Gasteiger partial charge in [0.25, 0.3) is 5.70 Å². The van der Waals surface area contributed by atoms with Crippen LogP contribution in [0.25, 0.3) is 0 Å². The first-order valence-corrected chi connectivity index (χ1v) is 5.06. The van der Waals surface area contributed by atoms with E-state index in [4.69, 9.17) is 0 Å². The number of carbonyl (C=O) groups is 1. The van der Waals surface area contributed by atoms with Crippen LogP contribution in [-0.2, 0) is 0 Å². The molecule has 2 N–H and O–H groups in total. The molecule has 0 fully saturated rings. The van der Waals surface area contributed by atoms with E-state index in [2.05, 4.69) is 0 Å². The van der Waals surface area contributed by atoms with Crippen molar-refractivity contribution in [2.75, 3.05) is 0 Å². The molecule has 6 heteroatoms. The molecule has 1 aliphatic heterocycles. The average Bonchev–Trinajstić information content (AvgIpc) is 2.42. The Labute approximate surface area is 84.4 Å². The zero-order valence-corrected chi connectivity index (χ0v) is 8.34. The summed E-state index contributed by atoms with van der Waals surface area (Å²) >= 11 is 0.963. The van der Waals surface area contributed by atoms with Gasteiger partial charge in [-0.05, 0) is 12.0 Å². The summed E-state index contributed by atoms with van der Waals surface area (Å²) in [7, 11) is 0. The van der Waals surface area contributed by atoms with E-state index in [1.165, 1.54) is 5.32 Å². The highest BCUT2D eigenvalue weighted by atomic mass is 32.2. The number of thioether (sulfide) groups is 1. The standard InChI is InChI=1S/C8H8N2O3S/c1-4-2-5-7(14-8(11)9-5)6(3-4)10(12)13/h3-4H,2H2,1H3,(H,9,11)/p+1. The van der Waals surface area contributed by atoms with Crippen LogP contribution in [0.1, 0.15) is 13.3 Å². The van der Waals surface area contributed by atoms with Crippen LogP contribution in [0.15, 0.2) is 22.4 Å². The molecule has 74 valence electrons. The molecule has 1 unspecified atom stereocenters. The van der Waals surface area contributed by atoms with Crippen molar-refractivity contribution in [1.82, 2.24) is 0 Å². The molecule has 0 radical (unpaired) electrons. The van der Waals surface area contributed by atoms with Crippen molar-refractivity contribution in [3.05, 3.63) is 32.5 Å². The van der Waals surface area contributed by atoms with Crippen LogP contribution >= 0.6 is 11.8 Å². The van der Waals surface area contributed by atoms with Crippen LogP contribution in [0.2, 0.25) is 0 Å². The average molecular weight is 213 g/mol. The number of nitrogens with zero attached hydrogens (tertiary/aromatic N) is 1. The van der Waals surface area contributed by atoms with Crippen LogP contribution in [0, 0.1) is 16.0 Å². The van der Waals surface area contributed by atoms with Gasteiger partial charge in [0.05, 0.1) is 4.92 Å². The summed E-state index contributed by atoms with van der Waals surface area (Å²) in [5, 5.41) is 12.1. The van der Waals surface area contributed by atoms with Crippen molar-refractivity contribution in [2.24, 2.45) is 5.92 Å². The second kappa shape index (κ2) is 3.21. The van der Waals surface area contributed by atoms with Crippen molar-refractivity contribution in [2.45, 2.75) is 13.3 Å². The Morgan fingerprint density at radius 3 is 3.07 bits per heavy atom. The molecule has 1 aliphatic carbocycles. The third-order valence-electron chi connectivity index (χ3n) is 2.20. The summed E-state index contributed by atoms with van der Waals surface area (Å²) in [6.07, 6.45) is 2.35. The van der Waals surface area contributed by atoms with E-state index in [0.717, 1.165) is 23.9 Å². The summed E-state index contributed by atoms with van der Waals surface area (Å²) in [5.41, 5.74) is 0.910. The number of carbonyl (C=O) groups excluding carboxylic acids is 1. The van der Waals surface area contributed by atoms with E-state index in [0.29, 0.717) is 4.91 Å². The minimum atomic E-state index is -0.412. The molecule has 0 aromatic heterocycles. The number of quaternary nitrogens is 1. The fourth-order valence-corrected chi connectivity index (χ4v) is 2.59. The lowest BCUT2D eigenvalue weighted by molar-refractivity contribution is -0.494. The molecular weight excluding hydrogens is 204 g/mol. The van der Waals surface area contributed by atoms with E-state index < -0.39 is 4.92 Å². The Morgan fingerprint density at radius 1 is 1.71 bits per heavy atom. The summed E-state index contributed by atoms with van der Waals surface area (Å²) < 4.78 is 0. The number of hydrogen-bond acceptors (Lipinski definition) is 4. The van der Waals surface area contributed by atoms with E-state index in [1.807, 2.05) is 6.92 Å². The number of primary amides is 1. The van der Waals surface area contributed by atoms with Crippen LogP contribution < -0.4 is 5.32 Å². The lowest BCUT2D eigenvalue weighted by atomic mass is 9.98. The Bertz CT molecular complexity index is 386. The molecule has 1 heterocycles. The Kier molecular flexibility index (Phi) is 2.16. The minimum Gasteiger partial charge on any atom is -0.258 e. The van der Waals surface area contributed by atoms with Crippen molar-refractivity contribution in [1.29, 1.82) is 0 Å².